The van der Waals surface area contributed by atoms with Gasteiger partial charge in [-0.25, -0.2) is 4.99 Å². The molecule has 0 spiro atoms. The van der Waals surface area contributed by atoms with Crippen molar-refractivity contribution < 1.29 is 9.47 Å². The minimum Gasteiger partial charge on any atom is -0.497 e. The molecule has 5 nitrogen and oxygen atoms in total. The Hall–Kier alpha value is -1.18. The number of rotatable bonds is 6. The van der Waals surface area contributed by atoms with Crippen molar-refractivity contribution in [3.05, 3.63) is 24.3 Å². The molecule has 6 heteroatoms. The fourth-order valence-corrected chi connectivity index (χ4v) is 2.65. The minimum absolute atomic E-state index is 0. The summed E-state index contributed by atoms with van der Waals surface area (Å²) in [5.74, 6) is 2.15. The van der Waals surface area contributed by atoms with Gasteiger partial charge in [-0.15, -0.1) is 24.0 Å². The second-order valence-corrected chi connectivity index (χ2v) is 5.81. The summed E-state index contributed by atoms with van der Waals surface area (Å²) < 4.78 is 10.9. The van der Waals surface area contributed by atoms with E-state index in [-0.39, 0.29) is 30.1 Å². The molecule has 0 heterocycles. The van der Waals surface area contributed by atoms with E-state index in [1.54, 1.807) is 7.11 Å². The normalized spacial score (nSPS) is 17.0. The Balaban J connectivity index is 0.00000264. The van der Waals surface area contributed by atoms with Crippen LogP contribution in [0.3, 0.4) is 0 Å². The van der Waals surface area contributed by atoms with Crippen LogP contribution in [0.5, 0.6) is 11.5 Å². The standard InChI is InChI=1S/C17H27N3O2.HI/c1-13(22-16-10-8-15(21-2)9-11-16)12-19-17(18)20-14-6-4-3-5-7-14;/h8-11,13-14H,3-7,12H2,1-2H3,(H3,18,19,20);1H. The molecule has 0 aliphatic heterocycles. The highest BCUT2D eigenvalue weighted by Crippen LogP contribution is 2.18. The van der Waals surface area contributed by atoms with Crippen molar-refractivity contribution in [3.8, 4) is 11.5 Å². The van der Waals surface area contributed by atoms with Gasteiger partial charge in [0.1, 0.15) is 17.6 Å². The summed E-state index contributed by atoms with van der Waals surface area (Å²) in [7, 11) is 1.65. The molecule has 1 fully saturated rings. The smallest absolute Gasteiger partial charge is 0.188 e. The Morgan fingerprint density at radius 1 is 1.22 bits per heavy atom. The molecular formula is C17H28IN3O2. The predicted octanol–water partition coefficient (Wildman–Crippen LogP) is 3.32. The first-order valence-electron chi connectivity index (χ1n) is 8.04. The first-order chi connectivity index (χ1) is 10.7. The summed E-state index contributed by atoms with van der Waals surface area (Å²) in [6.45, 7) is 2.53. The maximum Gasteiger partial charge on any atom is 0.188 e. The van der Waals surface area contributed by atoms with Crippen LogP contribution in [-0.4, -0.2) is 31.8 Å². The zero-order chi connectivity index (χ0) is 15.8. The van der Waals surface area contributed by atoms with Crippen LogP contribution in [0.4, 0.5) is 0 Å². The molecule has 0 saturated heterocycles. The molecule has 1 aliphatic rings. The summed E-state index contributed by atoms with van der Waals surface area (Å²) in [5, 5.41) is 3.31. The summed E-state index contributed by atoms with van der Waals surface area (Å²) in [6.07, 6.45) is 6.24. The fourth-order valence-electron chi connectivity index (χ4n) is 2.65. The SMILES string of the molecule is COc1ccc(OC(C)CN=C(N)NC2CCCCC2)cc1.I. The summed E-state index contributed by atoms with van der Waals surface area (Å²) in [5.41, 5.74) is 5.95. The van der Waals surface area contributed by atoms with Gasteiger partial charge in [0.2, 0.25) is 0 Å². The largest absolute Gasteiger partial charge is 0.497 e. The number of aliphatic imine (C=N–C) groups is 1. The molecule has 23 heavy (non-hydrogen) atoms. The Kier molecular flexibility index (Phi) is 9.13. The lowest BCUT2D eigenvalue weighted by Crippen LogP contribution is -2.41. The molecular weight excluding hydrogens is 405 g/mol. The van der Waals surface area contributed by atoms with Crippen molar-refractivity contribution in [1.82, 2.24) is 5.32 Å². The van der Waals surface area contributed by atoms with Crippen LogP contribution in [-0.2, 0) is 0 Å². The van der Waals surface area contributed by atoms with Gasteiger partial charge in [0.25, 0.3) is 0 Å². The monoisotopic (exact) mass is 433 g/mol. The van der Waals surface area contributed by atoms with Crippen LogP contribution in [0.1, 0.15) is 39.0 Å². The van der Waals surface area contributed by atoms with E-state index in [1.807, 2.05) is 31.2 Å². The van der Waals surface area contributed by atoms with E-state index < -0.39 is 0 Å². The van der Waals surface area contributed by atoms with E-state index in [2.05, 4.69) is 10.3 Å². The van der Waals surface area contributed by atoms with Crippen LogP contribution < -0.4 is 20.5 Å². The van der Waals surface area contributed by atoms with Gasteiger partial charge < -0.3 is 20.5 Å². The van der Waals surface area contributed by atoms with Gasteiger partial charge in [0.15, 0.2) is 5.96 Å². The number of guanidine groups is 1. The number of ether oxygens (including phenoxy) is 2. The van der Waals surface area contributed by atoms with Crippen LogP contribution in [0.15, 0.2) is 29.3 Å². The zero-order valence-electron chi connectivity index (χ0n) is 14.0. The highest BCUT2D eigenvalue weighted by Gasteiger charge is 2.13. The van der Waals surface area contributed by atoms with E-state index in [1.165, 1.54) is 32.1 Å². The van der Waals surface area contributed by atoms with E-state index >= 15 is 0 Å². The third kappa shape index (κ3) is 7.28. The average Bonchev–Trinajstić information content (AvgIpc) is 2.55. The summed E-state index contributed by atoms with van der Waals surface area (Å²) >= 11 is 0. The number of nitrogens with two attached hydrogens (primary N) is 1. The van der Waals surface area contributed by atoms with Gasteiger partial charge in [-0.05, 0) is 44.0 Å². The molecule has 2 rings (SSSR count). The third-order valence-corrected chi connectivity index (χ3v) is 3.87. The molecule has 0 aromatic heterocycles. The zero-order valence-corrected chi connectivity index (χ0v) is 16.3. The average molecular weight is 433 g/mol. The molecule has 0 amide bonds. The Bertz CT molecular complexity index is 473. The maximum absolute atomic E-state index is 5.95. The number of hydrogen-bond donors (Lipinski definition) is 2. The van der Waals surface area contributed by atoms with Crippen LogP contribution in [0.2, 0.25) is 0 Å². The molecule has 0 radical (unpaired) electrons. The van der Waals surface area contributed by atoms with Crippen LogP contribution >= 0.6 is 24.0 Å². The van der Waals surface area contributed by atoms with E-state index in [0.29, 0.717) is 18.5 Å². The number of nitrogens with one attached hydrogen (secondary N) is 1. The topological polar surface area (TPSA) is 68.9 Å². The van der Waals surface area contributed by atoms with Gasteiger partial charge in [-0.2, -0.15) is 0 Å². The molecule has 1 atom stereocenters. The van der Waals surface area contributed by atoms with Crippen molar-refractivity contribution >= 4 is 29.9 Å². The summed E-state index contributed by atoms with van der Waals surface area (Å²) in [6, 6.07) is 8.02. The number of methoxy groups -OCH3 is 1. The van der Waals surface area contributed by atoms with E-state index in [0.717, 1.165) is 11.5 Å². The van der Waals surface area contributed by atoms with Gasteiger partial charge in [0, 0.05) is 6.04 Å². The number of benzene rings is 1. The van der Waals surface area contributed by atoms with Gasteiger partial charge in [-0.3, -0.25) is 0 Å². The number of nitrogens with zero attached hydrogens (tertiary/aromatic N) is 1. The lowest BCUT2D eigenvalue weighted by atomic mass is 9.96. The molecule has 3 N–H and O–H groups in total. The first kappa shape index (κ1) is 19.9. The Labute approximate surface area is 156 Å². The van der Waals surface area contributed by atoms with Gasteiger partial charge in [0.05, 0.1) is 13.7 Å². The maximum atomic E-state index is 5.95. The Morgan fingerprint density at radius 2 is 1.83 bits per heavy atom. The second kappa shape index (κ2) is 10.6. The van der Waals surface area contributed by atoms with Crippen molar-refractivity contribution in [3.63, 3.8) is 0 Å². The van der Waals surface area contributed by atoms with E-state index in [9.17, 15) is 0 Å². The van der Waals surface area contributed by atoms with Crippen molar-refractivity contribution in [2.45, 2.75) is 51.2 Å². The van der Waals surface area contributed by atoms with Crippen molar-refractivity contribution in [2.24, 2.45) is 10.7 Å². The van der Waals surface area contributed by atoms with Crippen LogP contribution in [0, 0.1) is 0 Å². The highest BCUT2D eigenvalue weighted by molar-refractivity contribution is 14.0. The molecule has 1 aromatic rings. The molecule has 1 saturated carbocycles. The number of hydrogen-bond acceptors (Lipinski definition) is 3. The summed E-state index contributed by atoms with van der Waals surface area (Å²) in [4.78, 5) is 4.38. The lowest BCUT2D eigenvalue weighted by molar-refractivity contribution is 0.230. The highest BCUT2D eigenvalue weighted by atomic mass is 127. The van der Waals surface area contributed by atoms with E-state index in [4.69, 9.17) is 15.2 Å². The quantitative estimate of drug-likeness (QED) is 0.410. The fraction of sp³-hybridized carbons (Fsp3) is 0.588. The molecule has 130 valence electrons. The minimum atomic E-state index is -0.0277. The van der Waals surface area contributed by atoms with Crippen LogP contribution in [0.25, 0.3) is 0 Å². The second-order valence-electron chi connectivity index (χ2n) is 5.81. The first-order valence-corrected chi connectivity index (χ1v) is 8.04. The Morgan fingerprint density at radius 3 is 2.43 bits per heavy atom. The third-order valence-electron chi connectivity index (χ3n) is 3.87. The van der Waals surface area contributed by atoms with Gasteiger partial charge >= 0.3 is 0 Å². The predicted molar refractivity (Wildman–Crippen MR) is 105 cm³/mol. The molecule has 1 aromatic carbocycles. The number of halogens is 1. The lowest BCUT2D eigenvalue weighted by Gasteiger charge is -2.23. The van der Waals surface area contributed by atoms with Crippen molar-refractivity contribution in [1.29, 1.82) is 0 Å². The van der Waals surface area contributed by atoms with Gasteiger partial charge in [-0.1, -0.05) is 19.3 Å². The van der Waals surface area contributed by atoms with Crippen molar-refractivity contribution in [2.75, 3.05) is 13.7 Å². The molecule has 0 bridgehead atoms. The molecule has 1 aliphatic carbocycles. The molecule has 1 unspecified atom stereocenters.